The molecule has 1 aromatic rings. The van der Waals surface area contributed by atoms with Gasteiger partial charge >= 0.3 is 0 Å². The third-order valence-corrected chi connectivity index (χ3v) is 2.33. The molecular weight excluding hydrogens is 162 g/mol. The van der Waals surface area contributed by atoms with Crippen LogP contribution < -0.4 is 11.5 Å². The lowest BCUT2D eigenvalue weighted by atomic mass is 9.86. The minimum Gasteiger partial charge on any atom is -0.387 e. The molecule has 1 heterocycles. The van der Waals surface area contributed by atoms with Crippen molar-refractivity contribution >= 4 is 11.5 Å². The van der Waals surface area contributed by atoms with Crippen molar-refractivity contribution in [2.24, 2.45) is 16.5 Å². The molecule has 2 rings (SSSR count). The Morgan fingerprint density at radius 2 is 2.08 bits per heavy atom. The molecule has 0 amide bonds. The van der Waals surface area contributed by atoms with Gasteiger partial charge in [-0.05, 0) is 18.6 Å². The number of nitrogens with zero attached hydrogens (tertiary/aromatic N) is 1. The number of hydrogen-bond acceptors (Lipinski definition) is 3. The first-order valence-corrected chi connectivity index (χ1v) is 4.31. The second kappa shape index (κ2) is 2.57. The van der Waals surface area contributed by atoms with E-state index in [1.54, 1.807) is 0 Å². The van der Waals surface area contributed by atoms with Gasteiger partial charge in [0, 0.05) is 12.0 Å². The van der Waals surface area contributed by atoms with Crippen molar-refractivity contribution in [3.8, 4) is 0 Å². The van der Waals surface area contributed by atoms with Crippen LogP contribution in [0.25, 0.3) is 0 Å². The van der Waals surface area contributed by atoms with Gasteiger partial charge in [0.1, 0.15) is 5.84 Å². The Balaban J connectivity index is 2.62. The quantitative estimate of drug-likeness (QED) is 0.623. The van der Waals surface area contributed by atoms with Crippen molar-refractivity contribution in [3.63, 3.8) is 0 Å². The fourth-order valence-corrected chi connectivity index (χ4v) is 1.72. The average molecular weight is 175 g/mol. The monoisotopic (exact) mass is 175 g/mol. The summed E-state index contributed by atoms with van der Waals surface area (Å²) in [6, 6.07) is 7.86. The van der Waals surface area contributed by atoms with Crippen LogP contribution in [-0.2, 0) is 5.54 Å². The summed E-state index contributed by atoms with van der Waals surface area (Å²) in [5.74, 6) is 0.615. The fraction of sp³-hybridized carbons (Fsp3) is 0.300. The lowest BCUT2D eigenvalue weighted by Gasteiger charge is -2.29. The summed E-state index contributed by atoms with van der Waals surface area (Å²) in [5.41, 5.74) is 13.4. The number of fused-ring (bicyclic) bond motifs is 1. The molecular formula is C10H13N3. The van der Waals surface area contributed by atoms with Gasteiger partial charge in [0.05, 0.1) is 5.69 Å². The van der Waals surface area contributed by atoms with Crippen LogP contribution in [0.2, 0.25) is 0 Å². The number of nitrogens with two attached hydrogens (primary N) is 2. The molecule has 3 nitrogen and oxygen atoms in total. The topological polar surface area (TPSA) is 64.4 Å². The Morgan fingerprint density at radius 3 is 2.85 bits per heavy atom. The summed E-state index contributed by atoms with van der Waals surface area (Å²) >= 11 is 0. The first kappa shape index (κ1) is 8.26. The lowest BCUT2D eigenvalue weighted by Crippen LogP contribution is -2.39. The zero-order chi connectivity index (χ0) is 9.47. The molecule has 0 radical (unpaired) electrons. The second-order valence-electron chi connectivity index (χ2n) is 3.71. The van der Waals surface area contributed by atoms with Crippen molar-refractivity contribution < 1.29 is 0 Å². The molecule has 1 atom stereocenters. The van der Waals surface area contributed by atoms with Gasteiger partial charge < -0.3 is 11.5 Å². The van der Waals surface area contributed by atoms with Crippen LogP contribution in [0.3, 0.4) is 0 Å². The Hall–Kier alpha value is -1.35. The molecule has 0 bridgehead atoms. The number of rotatable bonds is 0. The van der Waals surface area contributed by atoms with Crippen LogP contribution in [0.4, 0.5) is 5.69 Å². The third kappa shape index (κ3) is 1.31. The van der Waals surface area contributed by atoms with E-state index < -0.39 is 0 Å². The Labute approximate surface area is 77.5 Å². The number of benzene rings is 1. The van der Waals surface area contributed by atoms with Gasteiger partial charge in [0.2, 0.25) is 0 Å². The molecule has 0 fully saturated rings. The molecule has 13 heavy (non-hydrogen) atoms. The average Bonchev–Trinajstić information content (AvgIpc) is 2.02. The fourth-order valence-electron chi connectivity index (χ4n) is 1.72. The highest BCUT2D eigenvalue weighted by Crippen LogP contribution is 2.34. The van der Waals surface area contributed by atoms with E-state index >= 15 is 0 Å². The van der Waals surface area contributed by atoms with Gasteiger partial charge in [-0.1, -0.05) is 18.2 Å². The third-order valence-electron chi connectivity index (χ3n) is 2.33. The van der Waals surface area contributed by atoms with E-state index in [2.05, 4.69) is 4.99 Å². The molecule has 68 valence electrons. The number of amidine groups is 1. The number of aliphatic imine (C=N–C) groups is 1. The smallest absolute Gasteiger partial charge is 0.102 e. The van der Waals surface area contributed by atoms with E-state index in [1.165, 1.54) is 0 Å². The van der Waals surface area contributed by atoms with Crippen LogP contribution in [0.1, 0.15) is 18.9 Å². The van der Waals surface area contributed by atoms with E-state index in [4.69, 9.17) is 11.5 Å². The standard InChI is InChI=1S/C10H13N3/c1-10(12)6-9(11)13-8-5-3-2-4-7(8)10/h2-5H,6,12H2,1H3,(H2,11,13). The molecule has 0 aromatic heterocycles. The minimum absolute atomic E-state index is 0.373. The van der Waals surface area contributed by atoms with Gasteiger partial charge in [-0.15, -0.1) is 0 Å². The highest BCUT2D eigenvalue weighted by atomic mass is 14.9. The SMILES string of the molecule is CC1(N)CC(N)=Nc2ccccc21. The van der Waals surface area contributed by atoms with Crippen LogP contribution in [0, 0.1) is 0 Å². The molecule has 0 aliphatic carbocycles. The van der Waals surface area contributed by atoms with E-state index in [1.807, 2.05) is 31.2 Å². The highest BCUT2D eigenvalue weighted by Gasteiger charge is 2.28. The first-order valence-electron chi connectivity index (χ1n) is 4.31. The van der Waals surface area contributed by atoms with Gasteiger partial charge in [-0.25, -0.2) is 4.99 Å². The zero-order valence-corrected chi connectivity index (χ0v) is 7.62. The summed E-state index contributed by atoms with van der Waals surface area (Å²) in [4.78, 5) is 4.26. The van der Waals surface area contributed by atoms with Gasteiger partial charge in [0.15, 0.2) is 0 Å². The predicted molar refractivity (Wildman–Crippen MR) is 53.9 cm³/mol. The van der Waals surface area contributed by atoms with Crippen molar-refractivity contribution in [2.75, 3.05) is 0 Å². The van der Waals surface area contributed by atoms with Crippen LogP contribution in [0.5, 0.6) is 0 Å². The minimum atomic E-state index is -0.373. The van der Waals surface area contributed by atoms with Crippen molar-refractivity contribution in [1.82, 2.24) is 0 Å². The molecule has 4 N–H and O–H groups in total. The molecule has 1 aliphatic rings. The molecule has 0 spiro atoms. The largest absolute Gasteiger partial charge is 0.387 e. The Bertz CT molecular complexity index is 366. The highest BCUT2D eigenvalue weighted by molar-refractivity contribution is 5.87. The predicted octanol–water partition coefficient (Wildman–Crippen LogP) is 1.25. The molecule has 1 aliphatic heterocycles. The summed E-state index contributed by atoms with van der Waals surface area (Å²) in [5, 5.41) is 0. The molecule has 1 unspecified atom stereocenters. The van der Waals surface area contributed by atoms with Crippen molar-refractivity contribution in [2.45, 2.75) is 18.9 Å². The molecule has 1 aromatic carbocycles. The molecule has 0 saturated carbocycles. The van der Waals surface area contributed by atoms with Crippen molar-refractivity contribution in [3.05, 3.63) is 29.8 Å². The van der Waals surface area contributed by atoms with Gasteiger partial charge in [-0.3, -0.25) is 0 Å². The van der Waals surface area contributed by atoms with Gasteiger partial charge in [0.25, 0.3) is 0 Å². The summed E-state index contributed by atoms with van der Waals surface area (Å²) in [6.45, 7) is 1.98. The van der Waals surface area contributed by atoms with Crippen LogP contribution in [0.15, 0.2) is 29.3 Å². The molecule has 3 heteroatoms. The Kier molecular flexibility index (Phi) is 1.63. The first-order chi connectivity index (χ1) is 6.09. The Morgan fingerprint density at radius 1 is 1.38 bits per heavy atom. The van der Waals surface area contributed by atoms with Crippen molar-refractivity contribution in [1.29, 1.82) is 0 Å². The summed E-state index contributed by atoms with van der Waals surface area (Å²) < 4.78 is 0. The van der Waals surface area contributed by atoms with E-state index in [0.29, 0.717) is 12.3 Å². The number of hydrogen-bond donors (Lipinski definition) is 2. The van der Waals surface area contributed by atoms with Gasteiger partial charge in [-0.2, -0.15) is 0 Å². The lowest BCUT2D eigenvalue weighted by molar-refractivity contribution is 0.509. The maximum atomic E-state index is 6.12. The summed E-state index contributed by atoms with van der Waals surface area (Å²) in [7, 11) is 0. The summed E-state index contributed by atoms with van der Waals surface area (Å²) in [6.07, 6.45) is 0.629. The van der Waals surface area contributed by atoms with Crippen LogP contribution >= 0.6 is 0 Å². The van der Waals surface area contributed by atoms with E-state index in [0.717, 1.165) is 11.3 Å². The second-order valence-corrected chi connectivity index (χ2v) is 3.71. The molecule has 0 saturated heterocycles. The van der Waals surface area contributed by atoms with Crippen LogP contribution in [-0.4, -0.2) is 5.84 Å². The number of para-hydroxylation sites is 1. The maximum Gasteiger partial charge on any atom is 0.102 e. The van der Waals surface area contributed by atoms with E-state index in [9.17, 15) is 0 Å². The van der Waals surface area contributed by atoms with E-state index in [-0.39, 0.29) is 5.54 Å². The maximum absolute atomic E-state index is 6.12. The zero-order valence-electron chi connectivity index (χ0n) is 7.62. The normalized spacial score (nSPS) is 26.5.